The molecular formula is C26H32N4O4. The van der Waals surface area contributed by atoms with Crippen LogP contribution in [0.2, 0.25) is 0 Å². The number of nitrogens with zero attached hydrogens (tertiary/aromatic N) is 3. The summed E-state index contributed by atoms with van der Waals surface area (Å²) >= 11 is 0. The summed E-state index contributed by atoms with van der Waals surface area (Å²) in [5.41, 5.74) is 0.111. The van der Waals surface area contributed by atoms with Crippen molar-refractivity contribution in [2.45, 2.75) is 45.6 Å². The van der Waals surface area contributed by atoms with E-state index in [1.165, 1.54) is 24.2 Å². The highest BCUT2D eigenvalue weighted by atomic mass is 16.2. The molecule has 2 aliphatic rings. The number of para-hydroxylation sites is 1. The molecule has 34 heavy (non-hydrogen) atoms. The third-order valence-corrected chi connectivity index (χ3v) is 6.66. The van der Waals surface area contributed by atoms with E-state index in [0.717, 1.165) is 18.5 Å². The number of hydrogen-bond donors (Lipinski definition) is 1. The number of carbonyl (C=O) groups is 3. The van der Waals surface area contributed by atoms with Gasteiger partial charge in [0.15, 0.2) is 0 Å². The normalized spacial score (nSPS) is 17.0. The molecule has 8 nitrogen and oxygen atoms in total. The molecule has 1 saturated carbocycles. The van der Waals surface area contributed by atoms with E-state index in [0.29, 0.717) is 32.1 Å². The average Bonchev–Trinajstić information content (AvgIpc) is 2.85. The second kappa shape index (κ2) is 10.7. The van der Waals surface area contributed by atoms with Gasteiger partial charge in [-0.05, 0) is 37.8 Å². The Morgan fingerprint density at radius 1 is 0.971 bits per heavy atom. The predicted octanol–water partition coefficient (Wildman–Crippen LogP) is 2.67. The zero-order valence-corrected chi connectivity index (χ0v) is 19.7. The maximum Gasteiger partial charge on any atom is 0.259 e. The molecule has 4 rings (SSSR count). The fraction of sp³-hybridized carbons (Fsp3) is 0.462. The molecule has 0 atom stereocenters. The van der Waals surface area contributed by atoms with Gasteiger partial charge < -0.3 is 19.7 Å². The van der Waals surface area contributed by atoms with Crippen molar-refractivity contribution in [3.05, 3.63) is 64.1 Å². The minimum Gasteiger partial charge on any atom is -0.352 e. The van der Waals surface area contributed by atoms with E-state index >= 15 is 0 Å². The Kier molecular flexibility index (Phi) is 7.45. The SMILES string of the molecule is CCNC(=O)c1cn(CC2CCCCC2)cc(C(=O)N2CCN(c3ccccc3)C(=O)C2)c1=O. The van der Waals surface area contributed by atoms with Crippen LogP contribution in [0.1, 0.15) is 59.7 Å². The monoisotopic (exact) mass is 464 g/mol. The molecule has 1 aliphatic heterocycles. The van der Waals surface area contributed by atoms with Crippen LogP contribution in [0.25, 0.3) is 0 Å². The van der Waals surface area contributed by atoms with Crippen LogP contribution in [0.5, 0.6) is 0 Å². The summed E-state index contributed by atoms with van der Waals surface area (Å²) in [7, 11) is 0. The molecule has 1 aromatic heterocycles. The second-order valence-electron chi connectivity index (χ2n) is 9.08. The van der Waals surface area contributed by atoms with Crippen LogP contribution >= 0.6 is 0 Å². The van der Waals surface area contributed by atoms with Crippen LogP contribution in [-0.4, -0.2) is 53.4 Å². The highest BCUT2D eigenvalue weighted by Gasteiger charge is 2.31. The lowest BCUT2D eigenvalue weighted by Gasteiger charge is -2.34. The zero-order chi connectivity index (χ0) is 24.1. The largest absolute Gasteiger partial charge is 0.352 e. The number of amides is 3. The molecule has 1 aliphatic carbocycles. The first-order valence-corrected chi connectivity index (χ1v) is 12.1. The summed E-state index contributed by atoms with van der Waals surface area (Å²) < 4.78 is 1.82. The number of nitrogens with one attached hydrogen (secondary N) is 1. The van der Waals surface area contributed by atoms with Crippen LogP contribution in [0.3, 0.4) is 0 Å². The van der Waals surface area contributed by atoms with Gasteiger partial charge in [-0.2, -0.15) is 0 Å². The molecule has 1 N–H and O–H groups in total. The number of benzene rings is 1. The molecule has 1 saturated heterocycles. The van der Waals surface area contributed by atoms with Gasteiger partial charge in [-0.15, -0.1) is 0 Å². The average molecular weight is 465 g/mol. The van der Waals surface area contributed by atoms with Gasteiger partial charge in [0.2, 0.25) is 11.3 Å². The van der Waals surface area contributed by atoms with Crippen molar-refractivity contribution in [3.8, 4) is 0 Å². The standard InChI is InChI=1S/C26H32N4O4/c1-2-27-25(33)21-16-28(15-19-9-5-3-6-10-19)17-22(24(21)32)26(34)29-13-14-30(23(31)18-29)20-11-7-4-8-12-20/h4,7-8,11-12,16-17,19H,2-3,5-6,9-10,13-15,18H2,1H3,(H,27,33). The Labute approximate surface area is 199 Å². The molecule has 3 amide bonds. The number of hydrogen-bond acceptors (Lipinski definition) is 4. The molecule has 0 radical (unpaired) electrons. The van der Waals surface area contributed by atoms with Gasteiger partial charge in [0.1, 0.15) is 17.7 Å². The van der Waals surface area contributed by atoms with Gasteiger partial charge in [-0.3, -0.25) is 19.2 Å². The quantitative estimate of drug-likeness (QED) is 0.712. The van der Waals surface area contributed by atoms with Gasteiger partial charge in [-0.25, -0.2) is 0 Å². The first-order valence-electron chi connectivity index (χ1n) is 12.1. The first kappa shape index (κ1) is 23.7. The number of carbonyl (C=O) groups excluding carboxylic acids is 3. The molecule has 1 aromatic carbocycles. The zero-order valence-electron chi connectivity index (χ0n) is 19.7. The third-order valence-electron chi connectivity index (χ3n) is 6.66. The Balaban J connectivity index is 1.59. The van der Waals surface area contributed by atoms with Crippen molar-refractivity contribution in [2.24, 2.45) is 5.92 Å². The Bertz CT molecular complexity index is 1110. The lowest BCUT2D eigenvalue weighted by molar-refractivity contribution is -0.120. The van der Waals surface area contributed by atoms with Crippen molar-refractivity contribution in [2.75, 3.05) is 31.1 Å². The first-order chi connectivity index (χ1) is 16.5. The van der Waals surface area contributed by atoms with E-state index in [1.807, 2.05) is 34.9 Å². The van der Waals surface area contributed by atoms with Crippen molar-refractivity contribution in [1.29, 1.82) is 0 Å². The van der Waals surface area contributed by atoms with Crippen LogP contribution in [0.4, 0.5) is 5.69 Å². The van der Waals surface area contributed by atoms with Crippen LogP contribution in [0, 0.1) is 5.92 Å². The van der Waals surface area contributed by atoms with Gasteiger partial charge in [0.05, 0.1) is 0 Å². The van der Waals surface area contributed by atoms with Gasteiger partial charge >= 0.3 is 0 Å². The molecule has 2 heterocycles. The molecule has 180 valence electrons. The highest BCUT2D eigenvalue weighted by molar-refractivity contribution is 6.03. The number of pyridine rings is 1. The fourth-order valence-electron chi connectivity index (χ4n) is 4.87. The van der Waals surface area contributed by atoms with Crippen molar-refractivity contribution in [3.63, 3.8) is 0 Å². The highest BCUT2D eigenvalue weighted by Crippen LogP contribution is 2.25. The van der Waals surface area contributed by atoms with E-state index in [9.17, 15) is 19.2 Å². The van der Waals surface area contributed by atoms with E-state index in [1.54, 1.807) is 24.2 Å². The fourth-order valence-corrected chi connectivity index (χ4v) is 4.87. The smallest absolute Gasteiger partial charge is 0.259 e. The number of piperazine rings is 1. The van der Waals surface area contributed by atoms with E-state index < -0.39 is 17.2 Å². The molecule has 2 aromatic rings. The topological polar surface area (TPSA) is 91.7 Å². The summed E-state index contributed by atoms with van der Waals surface area (Å²) in [6.07, 6.45) is 8.91. The lowest BCUT2D eigenvalue weighted by Crippen LogP contribution is -2.53. The summed E-state index contributed by atoms with van der Waals surface area (Å²) in [6, 6.07) is 9.32. The molecule has 0 bridgehead atoms. The number of anilines is 1. The van der Waals surface area contributed by atoms with Crippen molar-refractivity contribution < 1.29 is 14.4 Å². The summed E-state index contributed by atoms with van der Waals surface area (Å²) in [5, 5.41) is 2.67. The van der Waals surface area contributed by atoms with E-state index in [-0.39, 0.29) is 23.6 Å². The second-order valence-corrected chi connectivity index (χ2v) is 9.08. The maximum atomic E-state index is 13.4. The predicted molar refractivity (Wildman–Crippen MR) is 130 cm³/mol. The van der Waals surface area contributed by atoms with Gasteiger partial charge in [0, 0.05) is 44.3 Å². The van der Waals surface area contributed by atoms with Gasteiger partial charge in [-0.1, -0.05) is 37.5 Å². The summed E-state index contributed by atoms with van der Waals surface area (Å²) in [4.78, 5) is 55.0. The maximum absolute atomic E-state index is 13.4. The van der Waals surface area contributed by atoms with Crippen LogP contribution < -0.4 is 15.6 Å². The molecule has 0 spiro atoms. The Hall–Kier alpha value is -3.42. The van der Waals surface area contributed by atoms with Crippen LogP contribution in [-0.2, 0) is 11.3 Å². The number of aromatic nitrogens is 1. The Morgan fingerprint density at radius 3 is 2.35 bits per heavy atom. The summed E-state index contributed by atoms with van der Waals surface area (Å²) in [5.74, 6) is -0.732. The van der Waals surface area contributed by atoms with E-state index in [4.69, 9.17) is 0 Å². The minimum atomic E-state index is -0.589. The molecule has 0 unspecified atom stereocenters. The van der Waals surface area contributed by atoms with Crippen molar-refractivity contribution in [1.82, 2.24) is 14.8 Å². The molecule has 8 heteroatoms. The lowest BCUT2D eigenvalue weighted by atomic mass is 9.89. The minimum absolute atomic E-state index is 0.0299. The molecule has 2 fully saturated rings. The van der Waals surface area contributed by atoms with Gasteiger partial charge in [0.25, 0.3) is 11.8 Å². The third kappa shape index (κ3) is 5.21. The van der Waals surface area contributed by atoms with Crippen LogP contribution in [0.15, 0.2) is 47.5 Å². The van der Waals surface area contributed by atoms with Crippen molar-refractivity contribution >= 4 is 23.4 Å². The van der Waals surface area contributed by atoms with E-state index in [2.05, 4.69) is 5.32 Å². The molecular weight excluding hydrogens is 432 g/mol. The summed E-state index contributed by atoms with van der Waals surface area (Å²) in [6.45, 7) is 3.38. The Morgan fingerprint density at radius 2 is 1.68 bits per heavy atom. The number of rotatable bonds is 6.